The largest absolute Gasteiger partial charge is 0.300 e. The minimum absolute atomic E-state index is 0.107. The van der Waals surface area contributed by atoms with Crippen molar-refractivity contribution >= 4 is 23.2 Å². The molecule has 16 heavy (non-hydrogen) atoms. The minimum atomic E-state index is -0.347. The highest BCUT2D eigenvalue weighted by Crippen LogP contribution is 2.16. The lowest BCUT2D eigenvalue weighted by Crippen LogP contribution is -2.36. The fraction of sp³-hybridized carbons (Fsp3) is 0.455. The SMILES string of the molecule is Cc1ccc(CNC2CC(=O)N(C)C2=O)s1. The van der Waals surface area contributed by atoms with E-state index in [0.29, 0.717) is 6.54 Å². The first-order valence-electron chi connectivity index (χ1n) is 5.17. The van der Waals surface area contributed by atoms with Gasteiger partial charge in [-0.15, -0.1) is 11.3 Å². The molecule has 1 aliphatic rings. The Morgan fingerprint density at radius 2 is 2.25 bits per heavy atom. The lowest BCUT2D eigenvalue weighted by Gasteiger charge is -2.09. The van der Waals surface area contributed by atoms with Gasteiger partial charge >= 0.3 is 0 Å². The normalized spacial score (nSPS) is 20.9. The molecule has 0 aliphatic carbocycles. The number of rotatable bonds is 3. The summed E-state index contributed by atoms with van der Waals surface area (Å²) in [6, 6.07) is 3.74. The second-order valence-electron chi connectivity index (χ2n) is 3.94. The van der Waals surface area contributed by atoms with Crippen molar-refractivity contribution in [2.45, 2.75) is 25.9 Å². The molecule has 0 radical (unpaired) electrons. The second kappa shape index (κ2) is 4.35. The van der Waals surface area contributed by atoms with E-state index >= 15 is 0 Å². The predicted octanol–water partition coefficient (Wildman–Crippen LogP) is 0.903. The van der Waals surface area contributed by atoms with Crippen LogP contribution in [0.25, 0.3) is 0 Å². The van der Waals surface area contributed by atoms with Crippen LogP contribution in [0.4, 0.5) is 0 Å². The van der Waals surface area contributed by atoms with E-state index < -0.39 is 0 Å². The number of thiophene rings is 1. The third kappa shape index (κ3) is 2.15. The van der Waals surface area contributed by atoms with E-state index in [0.717, 1.165) is 0 Å². The number of nitrogens with zero attached hydrogens (tertiary/aromatic N) is 1. The van der Waals surface area contributed by atoms with Crippen molar-refractivity contribution in [1.29, 1.82) is 0 Å². The second-order valence-corrected chi connectivity index (χ2v) is 5.31. The van der Waals surface area contributed by atoms with Crippen molar-refractivity contribution in [3.63, 3.8) is 0 Å². The molecule has 1 fully saturated rings. The highest BCUT2D eigenvalue weighted by molar-refractivity contribution is 7.11. The van der Waals surface area contributed by atoms with Gasteiger partial charge in [0.2, 0.25) is 11.8 Å². The Balaban J connectivity index is 1.92. The highest BCUT2D eigenvalue weighted by Gasteiger charge is 2.35. The molecular weight excluding hydrogens is 224 g/mol. The molecule has 0 bridgehead atoms. The van der Waals surface area contributed by atoms with Crippen LogP contribution in [0.1, 0.15) is 16.2 Å². The van der Waals surface area contributed by atoms with E-state index in [1.165, 1.54) is 21.7 Å². The number of likely N-dealkylation sites (N-methyl/N-ethyl adjacent to an activating group) is 1. The first kappa shape index (κ1) is 11.3. The van der Waals surface area contributed by atoms with Gasteiger partial charge in [0, 0.05) is 23.3 Å². The Morgan fingerprint density at radius 1 is 1.50 bits per heavy atom. The van der Waals surface area contributed by atoms with Crippen molar-refractivity contribution < 1.29 is 9.59 Å². The number of hydrogen-bond donors (Lipinski definition) is 1. The molecule has 0 saturated carbocycles. The molecule has 1 saturated heterocycles. The quantitative estimate of drug-likeness (QED) is 0.796. The molecule has 2 amide bonds. The summed E-state index contributed by atoms with van der Waals surface area (Å²) in [5, 5.41) is 3.12. The van der Waals surface area contributed by atoms with Crippen LogP contribution in [-0.2, 0) is 16.1 Å². The number of aryl methyl sites for hydroxylation is 1. The molecule has 5 heteroatoms. The number of imide groups is 1. The smallest absolute Gasteiger partial charge is 0.246 e. The average molecular weight is 238 g/mol. The standard InChI is InChI=1S/C11H14N2O2S/c1-7-3-4-8(16-7)6-12-9-5-10(14)13(2)11(9)15/h3-4,9,12H,5-6H2,1-2H3. The number of likely N-dealkylation sites (tertiary alicyclic amines) is 1. The van der Waals surface area contributed by atoms with Crippen molar-refractivity contribution in [3.05, 3.63) is 21.9 Å². The summed E-state index contributed by atoms with van der Waals surface area (Å²) in [6.07, 6.45) is 0.277. The maximum absolute atomic E-state index is 11.6. The molecule has 1 N–H and O–H groups in total. The van der Waals surface area contributed by atoms with Gasteiger partial charge in [0.05, 0.1) is 12.5 Å². The van der Waals surface area contributed by atoms with Gasteiger partial charge in [0.1, 0.15) is 0 Å². The summed E-state index contributed by atoms with van der Waals surface area (Å²) in [4.78, 5) is 26.5. The summed E-state index contributed by atoms with van der Waals surface area (Å²) in [6.45, 7) is 2.70. The molecule has 86 valence electrons. The Morgan fingerprint density at radius 3 is 2.75 bits per heavy atom. The van der Waals surface area contributed by atoms with E-state index in [2.05, 4.69) is 11.4 Å². The number of carbonyl (C=O) groups excluding carboxylic acids is 2. The topological polar surface area (TPSA) is 49.4 Å². The van der Waals surface area contributed by atoms with Crippen LogP contribution in [-0.4, -0.2) is 29.8 Å². The molecule has 4 nitrogen and oxygen atoms in total. The monoisotopic (exact) mass is 238 g/mol. The molecule has 2 rings (SSSR count). The molecular formula is C11H14N2O2S. The molecule has 1 atom stereocenters. The van der Waals surface area contributed by atoms with Crippen molar-refractivity contribution in [3.8, 4) is 0 Å². The summed E-state index contributed by atoms with van der Waals surface area (Å²) in [5.74, 6) is -0.233. The zero-order valence-corrected chi connectivity index (χ0v) is 10.1. The van der Waals surface area contributed by atoms with E-state index in [9.17, 15) is 9.59 Å². The van der Waals surface area contributed by atoms with Gasteiger partial charge in [-0.1, -0.05) is 0 Å². The van der Waals surface area contributed by atoms with Gasteiger partial charge in [-0.05, 0) is 19.1 Å². The number of carbonyl (C=O) groups is 2. The zero-order valence-electron chi connectivity index (χ0n) is 9.32. The van der Waals surface area contributed by atoms with Crippen LogP contribution in [0.2, 0.25) is 0 Å². The summed E-state index contributed by atoms with van der Waals surface area (Å²) in [5.41, 5.74) is 0. The molecule has 1 aromatic heterocycles. The Hall–Kier alpha value is -1.20. The van der Waals surface area contributed by atoms with Crippen LogP contribution < -0.4 is 5.32 Å². The zero-order chi connectivity index (χ0) is 11.7. The summed E-state index contributed by atoms with van der Waals surface area (Å²) < 4.78 is 0. The van der Waals surface area contributed by atoms with Crippen LogP contribution in [0.3, 0.4) is 0 Å². The maximum atomic E-state index is 11.6. The maximum Gasteiger partial charge on any atom is 0.246 e. The number of hydrogen-bond acceptors (Lipinski definition) is 4. The third-order valence-electron chi connectivity index (χ3n) is 2.70. The van der Waals surface area contributed by atoms with Gasteiger partial charge in [-0.25, -0.2) is 0 Å². The minimum Gasteiger partial charge on any atom is -0.300 e. The van der Waals surface area contributed by atoms with Gasteiger partial charge < -0.3 is 5.32 Å². The van der Waals surface area contributed by atoms with Gasteiger partial charge in [-0.2, -0.15) is 0 Å². The van der Waals surface area contributed by atoms with E-state index in [1.54, 1.807) is 11.3 Å². The van der Waals surface area contributed by atoms with Gasteiger partial charge in [0.25, 0.3) is 0 Å². The van der Waals surface area contributed by atoms with E-state index in [-0.39, 0.29) is 24.3 Å². The van der Waals surface area contributed by atoms with Crippen molar-refractivity contribution in [1.82, 2.24) is 10.2 Å². The summed E-state index contributed by atoms with van der Waals surface area (Å²) >= 11 is 1.70. The van der Waals surface area contributed by atoms with E-state index in [4.69, 9.17) is 0 Å². The number of nitrogens with one attached hydrogen (secondary N) is 1. The fourth-order valence-corrected chi connectivity index (χ4v) is 2.56. The Kier molecular flexibility index (Phi) is 3.07. The molecule has 1 aromatic rings. The van der Waals surface area contributed by atoms with E-state index in [1.807, 2.05) is 13.0 Å². The van der Waals surface area contributed by atoms with Crippen LogP contribution >= 0.6 is 11.3 Å². The Labute approximate surface area is 98.3 Å². The van der Waals surface area contributed by atoms with Crippen LogP contribution in [0.5, 0.6) is 0 Å². The van der Waals surface area contributed by atoms with Crippen LogP contribution in [0, 0.1) is 6.92 Å². The third-order valence-corrected chi connectivity index (χ3v) is 3.70. The molecule has 0 spiro atoms. The van der Waals surface area contributed by atoms with Gasteiger partial charge in [-0.3, -0.25) is 14.5 Å². The fourth-order valence-electron chi connectivity index (χ4n) is 1.72. The molecule has 1 aliphatic heterocycles. The van der Waals surface area contributed by atoms with Gasteiger partial charge in [0.15, 0.2) is 0 Å². The Bertz CT molecular complexity index is 427. The average Bonchev–Trinajstić information content (AvgIpc) is 2.76. The number of amides is 2. The first-order chi connectivity index (χ1) is 7.58. The molecule has 0 aromatic carbocycles. The molecule has 1 unspecified atom stereocenters. The van der Waals surface area contributed by atoms with Crippen LogP contribution in [0.15, 0.2) is 12.1 Å². The predicted molar refractivity (Wildman–Crippen MR) is 62.1 cm³/mol. The lowest BCUT2D eigenvalue weighted by atomic mass is 10.2. The first-order valence-corrected chi connectivity index (χ1v) is 5.98. The molecule has 2 heterocycles. The summed E-state index contributed by atoms with van der Waals surface area (Å²) in [7, 11) is 1.53. The van der Waals surface area contributed by atoms with Crippen molar-refractivity contribution in [2.75, 3.05) is 7.05 Å². The highest BCUT2D eigenvalue weighted by atomic mass is 32.1. The lowest BCUT2D eigenvalue weighted by molar-refractivity contribution is -0.137. The van der Waals surface area contributed by atoms with Crippen molar-refractivity contribution in [2.24, 2.45) is 0 Å².